The highest BCUT2D eigenvalue weighted by Crippen LogP contribution is 2.25. The van der Waals surface area contributed by atoms with E-state index in [0.29, 0.717) is 23.8 Å². The second-order valence-electron chi connectivity index (χ2n) is 6.79. The van der Waals surface area contributed by atoms with Crippen molar-refractivity contribution >= 4 is 11.7 Å². The lowest BCUT2D eigenvalue weighted by Crippen LogP contribution is -2.37. The molecule has 5 heteroatoms. The molecular formula is C16H28N4O. The van der Waals surface area contributed by atoms with Crippen molar-refractivity contribution < 1.29 is 4.79 Å². The Morgan fingerprint density at radius 2 is 1.90 bits per heavy atom. The van der Waals surface area contributed by atoms with Gasteiger partial charge in [0.05, 0.1) is 0 Å². The molecule has 1 amide bonds. The van der Waals surface area contributed by atoms with Crippen molar-refractivity contribution in [2.75, 3.05) is 12.0 Å². The first-order chi connectivity index (χ1) is 9.67. The first-order valence-corrected chi connectivity index (χ1v) is 7.44. The number of nitrogens with one attached hydrogen (secondary N) is 2. The highest BCUT2D eigenvalue weighted by Gasteiger charge is 2.23. The molecule has 0 aliphatic heterocycles. The molecule has 0 aromatic carbocycles. The maximum absolute atomic E-state index is 12.3. The highest BCUT2D eigenvalue weighted by molar-refractivity contribution is 5.95. The van der Waals surface area contributed by atoms with Crippen LogP contribution in [-0.2, 0) is 0 Å². The van der Waals surface area contributed by atoms with Crippen molar-refractivity contribution in [3.8, 4) is 0 Å². The van der Waals surface area contributed by atoms with E-state index in [0.717, 1.165) is 5.69 Å². The van der Waals surface area contributed by atoms with Gasteiger partial charge in [-0.2, -0.15) is 0 Å². The predicted molar refractivity (Wildman–Crippen MR) is 87.1 cm³/mol. The van der Waals surface area contributed by atoms with Gasteiger partial charge in [0.25, 0.3) is 5.91 Å². The van der Waals surface area contributed by atoms with E-state index < -0.39 is 0 Å². The number of hydrazine groups is 1. The lowest BCUT2D eigenvalue weighted by molar-refractivity contribution is 0.0924. The number of rotatable bonds is 6. The fourth-order valence-corrected chi connectivity index (χ4v) is 1.67. The Bertz CT molecular complexity index is 495. The average molecular weight is 292 g/mol. The minimum Gasteiger partial charge on any atom is -0.351 e. The van der Waals surface area contributed by atoms with Crippen LogP contribution < -0.4 is 16.6 Å². The number of amides is 1. The maximum atomic E-state index is 12.3. The lowest BCUT2D eigenvalue weighted by Gasteiger charge is -2.29. The van der Waals surface area contributed by atoms with Gasteiger partial charge in [0.1, 0.15) is 5.82 Å². The van der Waals surface area contributed by atoms with Crippen LogP contribution >= 0.6 is 0 Å². The summed E-state index contributed by atoms with van der Waals surface area (Å²) in [6, 6.07) is 3.49. The van der Waals surface area contributed by atoms with Gasteiger partial charge in [0.15, 0.2) is 0 Å². The zero-order valence-corrected chi connectivity index (χ0v) is 13.9. The molecule has 0 aliphatic rings. The van der Waals surface area contributed by atoms with Gasteiger partial charge in [0, 0.05) is 17.8 Å². The fourth-order valence-electron chi connectivity index (χ4n) is 1.67. The van der Waals surface area contributed by atoms with Gasteiger partial charge in [-0.05, 0) is 29.4 Å². The molecule has 5 nitrogen and oxygen atoms in total. The summed E-state index contributed by atoms with van der Waals surface area (Å²) < 4.78 is 0. The molecule has 0 saturated carbocycles. The number of hydrogen-bond donors (Lipinski definition) is 3. The molecule has 21 heavy (non-hydrogen) atoms. The Labute approximate surface area is 127 Å². The van der Waals surface area contributed by atoms with Gasteiger partial charge in [-0.1, -0.05) is 41.5 Å². The van der Waals surface area contributed by atoms with E-state index in [-0.39, 0.29) is 17.2 Å². The van der Waals surface area contributed by atoms with E-state index in [1.165, 1.54) is 0 Å². The Kier molecular flexibility index (Phi) is 5.72. The number of hydrogen-bond acceptors (Lipinski definition) is 4. The van der Waals surface area contributed by atoms with Crippen LogP contribution in [-0.4, -0.2) is 17.4 Å². The minimum absolute atomic E-state index is 0.0541. The standard InChI is InChI=1S/C16H28N4O/c1-10(2)13-7-12(8-14(19-13)20-17)15(21)18-9-16(5,6)11(3)4/h7-8,10-11H,9,17H2,1-6H3,(H,18,21)(H,19,20). The molecule has 0 fully saturated rings. The minimum atomic E-state index is -0.0930. The third kappa shape index (κ3) is 4.70. The van der Waals surface area contributed by atoms with Crippen molar-refractivity contribution in [2.24, 2.45) is 17.2 Å². The van der Waals surface area contributed by atoms with E-state index in [9.17, 15) is 4.79 Å². The highest BCUT2D eigenvalue weighted by atomic mass is 16.1. The van der Waals surface area contributed by atoms with Gasteiger partial charge >= 0.3 is 0 Å². The largest absolute Gasteiger partial charge is 0.351 e. The molecule has 0 radical (unpaired) electrons. The molecule has 118 valence electrons. The van der Waals surface area contributed by atoms with Crippen molar-refractivity contribution in [3.63, 3.8) is 0 Å². The third-order valence-corrected chi connectivity index (χ3v) is 4.11. The molecule has 0 spiro atoms. The molecule has 0 bridgehead atoms. The molecule has 0 aliphatic carbocycles. The quantitative estimate of drug-likeness (QED) is 0.556. The van der Waals surface area contributed by atoms with Gasteiger partial charge in [-0.3, -0.25) is 4.79 Å². The molecule has 0 saturated heterocycles. The zero-order valence-electron chi connectivity index (χ0n) is 13.9. The second-order valence-corrected chi connectivity index (χ2v) is 6.79. The summed E-state index contributed by atoms with van der Waals surface area (Å²) in [5.74, 6) is 6.56. The second kappa shape index (κ2) is 6.89. The number of pyridine rings is 1. The normalized spacial score (nSPS) is 11.9. The summed E-state index contributed by atoms with van der Waals surface area (Å²) in [5, 5.41) is 3.00. The van der Waals surface area contributed by atoms with Gasteiger partial charge < -0.3 is 10.7 Å². The summed E-state index contributed by atoms with van der Waals surface area (Å²) in [4.78, 5) is 16.7. The molecule has 0 unspecified atom stereocenters. The summed E-state index contributed by atoms with van der Waals surface area (Å²) in [6.07, 6.45) is 0. The molecule has 1 aromatic heterocycles. The SMILES string of the molecule is CC(C)c1cc(C(=O)NCC(C)(C)C(C)C)cc(NN)n1. The summed E-state index contributed by atoms with van der Waals surface area (Å²) in [5.41, 5.74) is 4.00. The maximum Gasteiger partial charge on any atom is 0.251 e. The van der Waals surface area contributed by atoms with Gasteiger partial charge in [-0.25, -0.2) is 10.8 Å². The van der Waals surface area contributed by atoms with Crippen LogP contribution in [0.1, 0.15) is 63.5 Å². The van der Waals surface area contributed by atoms with Crippen molar-refractivity contribution in [3.05, 3.63) is 23.4 Å². The number of aromatic nitrogens is 1. The number of nitrogens with zero attached hydrogens (tertiary/aromatic N) is 1. The third-order valence-electron chi connectivity index (χ3n) is 4.11. The molecular weight excluding hydrogens is 264 g/mol. The molecule has 1 heterocycles. The van der Waals surface area contributed by atoms with E-state index in [2.05, 4.69) is 43.4 Å². The Morgan fingerprint density at radius 1 is 1.29 bits per heavy atom. The van der Waals surface area contributed by atoms with Crippen LogP contribution in [0.4, 0.5) is 5.82 Å². The summed E-state index contributed by atoms with van der Waals surface area (Å²) in [7, 11) is 0. The monoisotopic (exact) mass is 292 g/mol. The van der Waals surface area contributed by atoms with E-state index in [1.807, 2.05) is 19.9 Å². The number of carbonyl (C=O) groups is 1. The van der Waals surface area contributed by atoms with E-state index in [4.69, 9.17) is 5.84 Å². The van der Waals surface area contributed by atoms with Crippen molar-refractivity contribution in [1.82, 2.24) is 10.3 Å². The van der Waals surface area contributed by atoms with Crippen LogP contribution in [0.3, 0.4) is 0 Å². The lowest BCUT2D eigenvalue weighted by atomic mass is 9.81. The number of nitrogens with two attached hydrogens (primary N) is 1. The fraction of sp³-hybridized carbons (Fsp3) is 0.625. The van der Waals surface area contributed by atoms with Crippen LogP contribution in [0.25, 0.3) is 0 Å². The Morgan fingerprint density at radius 3 is 2.38 bits per heavy atom. The Hall–Kier alpha value is -1.62. The van der Waals surface area contributed by atoms with Crippen molar-refractivity contribution in [2.45, 2.75) is 47.5 Å². The van der Waals surface area contributed by atoms with Crippen LogP contribution in [0.2, 0.25) is 0 Å². The van der Waals surface area contributed by atoms with E-state index >= 15 is 0 Å². The topological polar surface area (TPSA) is 80.0 Å². The van der Waals surface area contributed by atoms with Crippen LogP contribution in [0, 0.1) is 11.3 Å². The first-order valence-electron chi connectivity index (χ1n) is 7.44. The Balaban J connectivity index is 2.90. The number of nitrogen functional groups attached to an aromatic ring is 1. The van der Waals surface area contributed by atoms with Gasteiger partial charge in [0.2, 0.25) is 0 Å². The molecule has 1 aromatic rings. The average Bonchev–Trinajstić information content (AvgIpc) is 2.43. The smallest absolute Gasteiger partial charge is 0.251 e. The molecule has 1 rings (SSSR count). The number of carbonyl (C=O) groups excluding carboxylic acids is 1. The molecule has 0 atom stereocenters. The molecule has 4 N–H and O–H groups in total. The van der Waals surface area contributed by atoms with Gasteiger partial charge in [-0.15, -0.1) is 0 Å². The zero-order chi connectivity index (χ0) is 16.2. The summed E-state index contributed by atoms with van der Waals surface area (Å²) in [6.45, 7) is 13.3. The predicted octanol–water partition coefficient (Wildman–Crippen LogP) is 2.90. The van der Waals surface area contributed by atoms with E-state index in [1.54, 1.807) is 6.07 Å². The van der Waals surface area contributed by atoms with Crippen LogP contribution in [0.5, 0.6) is 0 Å². The van der Waals surface area contributed by atoms with Crippen molar-refractivity contribution in [1.29, 1.82) is 0 Å². The first kappa shape index (κ1) is 17.4. The summed E-state index contributed by atoms with van der Waals surface area (Å²) >= 11 is 0. The number of anilines is 1. The van der Waals surface area contributed by atoms with Crippen LogP contribution in [0.15, 0.2) is 12.1 Å².